The predicted octanol–water partition coefficient (Wildman–Crippen LogP) is 4.98. The molecular formula is C24H24N2O3S. The predicted molar refractivity (Wildman–Crippen MR) is 121 cm³/mol. The molecule has 5 nitrogen and oxygen atoms in total. The number of anilines is 2. The maximum atomic E-state index is 12.9. The third-order valence-corrected chi connectivity index (χ3v) is 6.17. The van der Waals surface area contributed by atoms with Crippen molar-refractivity contribution in [3.05, 3.63) is 71.1 Å². The van der Waals surface area contributed by atoms with Crippen molar-refractivity contribution in [1.82, 2.24) is 0 Å². The van der Waals surface area contributed by atoms with E-state index in [0.29, 0.717) is 10.6 Å². The molecule has 0 aliphatic carbocycles. The van der Waals surface area contributed by atoms with Crippen molar-refractivity contribution in [3.8, 4) is 11.1 Å². The van der Waals surface area contributed by atoms with Gasteiger partial charge in [0.15, 0.2) is 0 Å². The molecule has 1 aliphatic rings. The minimum atomic E-state index is -0.423. The van der Waals surface area contributed by atoms with Gasteiger partial charge in [0.1, 0.15) is 10.6 Å². The lowest BCUT2D eigenvalue weighted by Crippen LogP contribution is -2.37. The monoisotopic (exact) mass is 420 g/mol. The van der Waals surface area contributed by atoms with Crippen molar-refractivity contribution in [1.29, 1.82) is 0 Å². The number of carbonyl (C=O) groups excluding carboxylic acids is 2. The number of thiophene rings is 1. The van der Waals surface area contributed by atoms with Crippen molar-refractivity contribution < 1.29 is 14.3 Å². The molecule has 4 rings (SSSR count). The van der Waals surface area contributed by atoms with E-state index in [1.54, 1.807) is 6.92 Å². The molecule has 1 N–H and O–H groups in total. The second-order valence-corrected chi connectivity index (χ2v) is 8.18. The molecule has 0 saturated carbocycles. The zero-order valence-electron chi connectivity index (χ0n) is 17.1. The van der Waals surface area contributed by atoms with E-state index in [4.69, 9.17) is 4.74 Å². The van der Waals surface area contributed by atoms with Crippen LogP contribution in [0.5, 0.6) is 0 Å². The molecule has 3 aromatic rings. The van der Waals surface area contributed by atoms with Crippen LogP contribution in [0, 0.1) is 0 Å². The van der Waals surface area contributed by atoms with Gasteiger partial charge in [-0.1, -0.05) is 48.5 Å². The van der Waals surface area contributed by atoms with E-state index in [1.165, 1.54) is 16.9 Å². The van der Waals surface area contributed by atoms with Crippen LogP contribution >= 0.6 is 11.3 Å². The standard InChI is InChI=1S/C24H24N2O3S/c1-3-29-24(28)22-19(17-9-5-4-6-10-17)15-30-23(22)25-21(27)14-26-16(2)13-18-11-7-8-12-20(18)26/h4-12,15-16H,3,13-14H2,1-2H3,(H,25,27). The third-order valence-electron chi connectivity index (χ3n) is 5.27. The summed E-state index contributed by atoms with van der Waals surface area (Å²) in [5, 5.41) is 5.37. The Labute approximate surface area is 180 Å². The van der Waals surface area contributed by atoms with Crippen LogP contribution in [0.25, 0.3) is 11.1 Å². The maximum absolute atomic E-state index is 12.9. The summed E-state index contributed by atoms with van der Waals surface area (Å²) in [6.07, 6.45) is 0.925. The molecule has 0 radical (unpaired) electrons. The van der Waals surface area contributed by atoms with Gasteiger partial charge in [-0.25, -0.2) is 4.79 Å². The summed E-state index contributed by atoms with van der Waals surface area (Å²) < 4.78 is 5.27. The van der Waals surface area contributed by atoms with E-state index in [2.05, 4.69) is 29.3 Å². The van der Waals surface area contributed by atoms with Crippen LogP contribution < -0.4 is 10.2 Å². The largest absolute Gasteiger partial charge is 0.462 e. The lowest BCUT2D eigenvalue weighted by Gasteiger charge is -2.24. The number of hydrogen-bond donors (Lipinski definition) is 1. The van der Waals surface area contributed by atoms with Crippen molar-refractivity contribution in [2.75, 3.05) is 23.4 Å². The first kappa shape index (κ1) is 20.2. The summed E-state index contributed by atoms with van der Waals surface area (Å²) in [6.45, 7) is 4.41. The van der Waals surface area contributed by atoms with Crippen LogP contribution in [-0.2, 0) is 16.0 Å². The van der Waals surface area contributed by atoms with Crippen LogP contribution in [0.1, 0.15) is 29.8 Å². The van der Waals surface area contributed by atoms with Gasteiger partial charge in [0, 0.05) is 22.7 Å². The number of nitrogens with zero attached hydrogens (tertiary/aromatic N) is 1. The Balaban J connectivity index is 1.58. The lowest BCUT2D eigenvalue weighted by atomic mass is 10.0. The van der Waals surface area contributed by atoms with Gasteiger partial charge in [0.2, 0.25) is 5.91 Å². The molecule has 0 spiro atoms. The fraction of sp³-hybridized carbons (Fsp3) is 0.250. The van der Waals surface area contributed by atoms with Crippen LogP contribution in [0.2, 0.25) is 0 Å². The molecule has 2 heterocycles. The topological polar surface area (TPSA) is 58.6 Å². The highest BCUT2D eigenvalue weighted by atomic mass is 32.1. The summed E-state index contributed by atoms with van der Waals surface area (Å²) in [5.74, 6) is -0.571. The minimum absolute atomic E-state index is 0.148. The Morgan fingerprint density at radius 1 is 1.13 bits per heavy atom. The molecule has 1 unspecified atom stereocenters. The van der Waals surface area contributed by atoms with Crippen LogP contribution in [-0.4, -0.2) is 31.1 Å². The Kier molecular flexibility index (Phi) is 5.86. The number of hydrogen-bond acceptors (Lipinski definition) is 5. The van der Waals surface area contributed by atoms with Crippen molar-refractivity contribution in [2.45, 2.75) is 26.3 Å². The lowest BCUT2D eigenvalue weighted by molar-refractivity contribution is -0.115. The molecule has 1 atom stereocenters. The highest BCUT2D eigenvalue weighted by Crippen LogP contribution is 2.36. The summed E-state index contributed by atoms with van der Waals surface area (Å²) in [6, 6.07) is 18.1. The van der Waals surface area contributed by atoms with Gasteiger partial charge in [0.25, 0.3) is 0 Å². The maximum Gasteiger partial charge on any atom is 0.341 e. The molecule has 6 heteroatoms. The van der Waals surface area contributed by atoms with Gasteiger partial charge in [-0.15, -0.1) is 11.3 Å². The number of rotatable bonds is 6. The van der Waals surface area contributed by atoms with Gasteiger partial charge >= 0.3 is 5.97 Å². The quantitative estimate of drug-likeness (QED) is 0.571. The molecule has 0 fully saturated rings. The number of ether oxygens (including phenoxy) is 1. The molecule has 1 aromatic heterocycles. The fourth-order valence-electron chi connectivity index (χ4n) is 3.88. The zero-order valence-corrected chi connectivity index (χ0v) is 17.9. The normalized spacial score (nSPS) is 15.0. The Morgan fingerprint density at radius 2 is 1.87 bits per heavy atom. The van der Waals surface area contributed by atoms with Gasteiger partial charge in [0.05, 0.1) is 13.2 Å². The molecule has 1 amide bonds. The average Bonchev–Trinajstić information content (AvgIpc) is 3.30. The van der Waals surface area contributed by atoms with Crippen LogP contribution in [0.15, 0.2) is 60.0 Å². The smallest absolute Gasteiger partial charge is 0.341 e. The van der Waals surface area contributed by atoms with Crippen molar-refractivity contribution >= 4 is 33.9 Å². The van der Waals surface area contributed by atoms with Gasteiger partial charge in [-0.05, 0) is 37.5 Å². The molecule has 154 valence electrons. The summed E-state index contributed by atoms with van der Waals surface area (Å²) in [7, 11) is 0. The molecule has 1 aliphatic heterocycles. The van der Waals surface area contributed by atoms with Crippen LogP contribution in [0.3, 0.4) is 0 Å². The molecule has 30 heavy (non-hydrogen) atoms. The van der Waals surface area contributed by atoms with E-state index in [0.717, 1.165) is 23.2 Å². The average molecular weight is 421 g/mol. The first-order valence-corrected chi connectivity index (χ1v) is 10.9. The van der Waals surface area contributed by atoms with E-state index in [1.807, 2.05) is 47.8 Å². The number of esters is 1. The van der Waals surface area contributed by atoms with E-state index in [-0.39, 0.29) is 25.1 Å². The van der Waals surface area contributed by atoms with E-state index < -0.39 is 5.97 Å². The van der Waals surface area contributed by atoms with E-state index >= 15 is 0 Å². The Hall–Kier alpha value is -3.12. The summed E-state index contributed by atoms with van der Waals surface area (Å²) in [4.78, 5) is 27.7. The number of amides is 1. The Bertz CT molecular complexity index is 1060. The molecule has 0 saturated heterocycles. The molecular weight excluding hydrogens is 396 g/mol. The first-order valence-electron chi connectivity index (χ1n) is 10.1. The highest BCUT2D eigenvalue weighted by molar-refractivity contribution is 7.15. The second kappa shape index (κ2) is 8.71. The number of benzene rings is 2. The summed E-state index contributed by atoms with van der Waals surface area (Å²) >= 11 is 1.35. The minimum Gasteiger partial charge on any atom is -0.462 e. The van der Waals surface area contributed by atoms with Crippen LogP contribution in [0.4, 0.5) is 10.7 Å². The summed E-state index contributed by atoms with van der Waals surface area (Å²) in [5.41, 5.74) is 4.46. The van der Waals surface area contributed by atoms with E-state index in [9.17, 15) is 9.59 Å². The number of fused-ring (bicyclic) bond motifs is 1. The van der Waals surface area contributed by atoms with Gasteiger partial charge in [-0.3, -0.25) is 4.79 Å². The first-order chi connectivity index (χ1) is 14.6. The van der Waals surface area contributed by atoms with Crippen molar-refractivity contribution in [3.63, 3.8) is 0 Å². The second-order valence-electron chi connectivity index (χ2n) is 7.30. The molecule has 2 aromatic carbocycles. The number of carbonyl (C=O) groups is 2. The SMILES string of the molecule is CCOC(=O)c1c(-c2ccccc2)csc1NC(=O)CN1c2ccccc2CC1C. The number of para-hydroxylation sites is 1. The van der Waals surface area contributed by atoms with Crippen molar-refractivity contribution in [2.24, 2.45) is 0 Å². The molecule has 0 bridgehead atoms. The third kappa shape index (κ3) is 3.96. The Morgan fingerprint density at radius 3 is 2.63 bits per heavy atom. The fourth-order valence-corrected chi connectivity index (χ4v) is 4.85. The zero-order chi connectivity index (χ0) is 21.1. The highest BCUT2D eigenvalue weighted by Gasteiger charge is 2.28. The van der Waals surface area contributed by atoms with Gasteiger partial charge in [-0.2, -0.15) is 0 Å². The number of nitrogens with one attached hydrogen (secondary N) is 1. The van der Waals surface area contributed by atoms with Gasteiger partial charge < -0.3 is 15.0 Å².